The van der Waals surface area contributed by atoms with Crippen molar-refractivity contribution in [2.75, 3.05) is 0 Å². The van der Waals surface area contributed by atoms with Crippen molar-refractivity contribution in [2.45, 2.75) is 24.9 Å². The Morgan fingerprint density at radius 1 is 0.724 bits per heavy atom. The molecule has 0 bridgehead atoms. The summed E-state index contributed by atoms with van der Waals surface area (Å²) in [6, 6.07) is 4.51. The highest BCUT2D eigenvalue weighted by Crippen LogP contribution is 2.52. The third-order valence-corrected chi connectivity index (χ3v) is 5.76. The van der Waals surface area contributed by atoms with Gasteiger partial charge in [0.15, 0.2) is 0 Å². The Kier molecular flexibility index (Phi) is 3.10. The molecule has 0 saturated carbocycles. The van der Waals surface area contributed by atoms with Crippen molar-refractivity contribution in [2.24, 2.45) is 0 Å². The molecule has 1 aliphatic carbocycles. The van der Waals surface area contributed by atoms with E-state index in [-0.39, 0.29) is 50.9 Å². The molecular weight excluding hydrogens is 393 g/mol. The molecule has 0 unspecified atom stereocenters. The van der Waals surface area contributed by atoms with Crippen molar-refractivity contribution in [3.05, 3.63) is 68.8 Å². The fourth-order valence-corrected chi connectivity index (χ4v) is 4.23. The number of hydrogen-bond donors (Lipinski definition) is 0. The molecule has 0 fully saturated rings. The minimum Gasteiger partial charge on any atom is -0.386 e. The number of halogens is 3. The summed E-state index contributed by atoms with van der Waals surface area (Å²) < 4.78 is 52.1. The standard InChI is InChI=1S/C20H9F3O6/c1-19(20(21,22)23)13-5-11-9(15(24)28-17(11)26)3-7(13)2-8-4-10-12(6-14(8)19)18(27)29-16(10)25/h3-6H,2H2,1H3. The number of benzene rings is 2. The van der Waals surface area contributed by atoms with Gasteiger partial charge in [0.25, 0.3) is 0 Å². The smallest absolute Gasteiger partial charge is 0.386 e. The third kappa shape index (κ3) is 2.07. The van der Waals surface area contributed by atoms with Crippen LogP contribution in [-0.2, 0) is 21.3 Å². The zero-order chi connectivity index (χ0) is 20.9. The van der Waals surface area contributed by atoms with Crippen molar-refractivity contribution >= 4 is 23.9 Å². The first-order chi connectivity index (χ1) is 13.5. The van der Waals surface area contributed by atoms with Gasteiger partial charge in [0, 0.05) is 0 Å². The number of carbonyl (C=O) groups excluding carboxylic acids is 4. The average molecular weight is 402 g/mol. The van der Waals surface area contributed by atoms with Gasteiger partial charge in [-0.05, 0) is 59.9 Å². The molecule has 0 amide bonds. The van der Waals surface area contributed by atoms with Crippen molar-refractivity contribution in [3.8, 4) is 0 Å². The van der Waals surface area contributed by atoms with Crippen LogP contribution in [-0.4, -0.2) is 30.1 Å². The van der Waals surface area contributed by atoms with Crippen LogP contribution in [0.3, 0.4) is 0 Å². The molecule has 2 heterocycles. The molecular formula is C20H9F3O6. The Hall–Kier alpha value is -3.49. The van der Waals surface area contributed by atoms with Crippen molar-refractivity contribution in [1.82, 2.24) is 0 Å². The lowest BCUT2D eigenvalue weighted by atomic mass is 9.66. The van der Waals surface area contributed by atoms with Crippen molar-refractivity contribution in [3.63, 3.8) is 0 Å². The van der Waals surface area contributed by atoms with Crippen LogP contribution in [0.2, 0.25) is 0 Å². The van der Waals surface area contributed by atoms with Crippen LogP contribution >= 0.6 is 0 Å². The number of hydrogen-bond acceptors (Lipinski definition) is 6. The van der Waals surface area contributed by atoms with E-state index in [1.807, 2.05) is 0 Å². The Morgan fingerprint density at radius 2 is 1.07 bits per heavy atom. The zero-order valence-corrected chi connectivity index (χ0v) is 14.6. The van der Waals surface area contributed by atoms with Gasteiger partial charge >= 0.3 is 30.1 Å². The van der Waals surface area contributed by atoms with Crippen LogP contribution in [0, 0.1) is 0 Å². The Morgan fingerprint density at radius 3 is 1.41 bits per heavy atom. The SMILES string of the molecule is CC1(C(F)(F)F)c2cc3c(cc2Cc2cc4c(cc21)C(=O)OC4=O)C(=O)OC3=O. The van der Waals surface area contributed by atoms with Gasteiger partial charge in [0.1, 0.15) is 5.41 Å². The third-order valence-electron chi connectivity index (χ3n) is 5.76. The number of alkyl halides is 3. The fraction of sp³-hybridized carbons (Fsp3) is 0.200. The maximum absolute atomic E-state index is 14.4. The van der Waals surface area contributed by atoms with Gasteiger partial charge in [-0.2, -0.15) is 13.2 Å². The lowest BCUT2D eigenvalue weighted by molar-refractivity contribution is -0.174. The number of carbonyl (C=O) groups is 4. The normalized spacial score (nSPS) is 18.6. The molecule has 0 radical (unpaired) electrons. The molecule has 0 aromatic heterocycles. The summed E-state index contributed by atoms with van der Waals surface area (Å²) in [5, 5.41) is 0. The maximum Gasteiger partial charge on any atom is 0.402 e. The van der Waals surface area contributed by atoms with Crippen molar-refractivity contribution < 1.29 is 41.8 Å². The number of ether oxygens (including phenoxy) is 2. The number of fused-ring (bicyclic) bond motifs is 4. The second kappa shape index (κ2) is 5.11. The van der Waals surface area contributed by atoms with E-state index in [4.69, 9.17) is 0 Å². The topological polar surface area (TPSA) is 86.7 Å². The van der Waals surface area contributed by atoms with Gasteiger partial charge in [-0.1, -0.05) is 0 Å². The highest BCUT2D eigenvalue weighted by Gasteiger charge is 2.57. The van der Waals surface area contributed by atoms with E-state index in [1.54, 1.807) is 0 Å². The highest BCUT2D eigenvalue weighted by atomic mass is 19.4. The Labute approximate surface area is 160 Å². The molecule has 146 valence electrons. The predicted molar refractivity (Wildman–Crippen MR) is 87.7 cm³/mol. The summed E-state index contributed by atoms with van der Waals surface area (Å²) in [6.45, 7) is 0.937. The lowest BCUT2D eigenvalue weighted by Crippen LogP contribution is -2.44. The van der Waals surface area contributed by atoms with E-state index in [0.29, 0.717) is 0 Å². The fourth-order valence-electron chi connectivity index (χ4n) is 4.23. The summed E-state index contributed by atoms with van der Waals surface area (Å²) in [4.78, 5) is 47.4. The first kappa shape index (κ1) is 17.6. The molecule has 2 aromatic rings. The van der Waals surface area contributed by atoms with E-state index in [1.165, 1.54) is 12.1 Å². The van der Waals surface area contributed by atoms with Gasteiger partial charge < -0.3 is 9.47 Å². The largest absolute Gasteiger partial charge is 0.402 e. The van der Waals surface area contributed by atoms with Crippen LogP contribution in [0.15, 0.2) is 24.3 Å². The van der Waals surface area contributed by atoms with Gasteiger partial charge in [-0.25, -0.2) is 19.2 Å². The molecule has 0 N–H and O–H groups in total. The van der Waals surface area contributed by atoms with E-state index in [0.717, 1.165) is 19.1 Å². The van der Waals surface area contributed by atoms with Crippen LogP contribution in [0.4, 0.5) is 13.2 Å². The molecule has 0 atom stereocenters. The minimum absolute atomic E-state index is 0.0279. The summed E-state index contributed by atoms with van der Waals surface area (Å²) in [7, 11) is 0. The van der Waals surface area contributed by atoms with Crippen LogP contribution in [0.25, 0.3) is 0 Å². The predicted octanol–water partition coefficient (Wildman–Crippen LogP) is 3.08. The summed E-state index contributed by atoms with van der Waals surface area (Å²) in [5.74, 6) is -3.86. The van der Waals surface area contributed by atoms with Crippen LogP contribution in [0.1, 0.15) is 70.6 Å². The average Bonchev–Trinajstić information content (AvgIpc) is 3.07. The molecule has 9 heteroatoms. The summed E-state index contributed by atoms with van der Waals surface area (Å²) in [6.07, 6.45) is -4.84. The van der Waals surface area contributed by atoms with E-state index in [2.05, 4.69) is 9.47 Å². The monoisotopic (exact) mass is 402 g/mol. The number of rotatable bonds is 0. The van der Waals surface area contributed by atoms with Crippen LogP contribution < -0.4 is 0 Å². The second-order valence-corrected chi connectivity index (χ2v) is 7.26. The molecule has 29 heavy (non-hydrogen) atoms. The minimum atomic E-state index is -4.81. The molecule has 0 saturated heterocycles. The molecule has 0 spiro atoms. The first-order valence-electron chi connectivity index (χ1n) is 8.47. The highest BCUT2D eigenvalue weighted by molar-refractivity contribution is 6.16. The van der Waals surface area contributed by atoms with Gasteiger partial charge in [0.2, 0.25) is 0 Å². The zero-order valence-electron chi connectivity index (χ0n) is 14.6. The number of cyclic esters (lactones) is 4. The van der Waals surface area contributed by atoms with E-state index >= 15 is 0 Å². The Bertz CT molecular complexity index is 1120. The van der Waals surface area contributed by atoms with Gasteiger partial charge in [-0.15, -0.1) is 0 Å². The quantitative estimate of drug-likeness (QED) is 0.497. The first-order valence-corrected chi connectivity index (χ1v) is 8.47. The van der Waals surface area contributed by atoms with Crippen molar-refractivity contribution in [1.29, 1.82) is 0 Å². The lowest BCUT2D eigenvalue weighted by Gasteiger charge is -2.39. The second-order valence-electron chi connectivity index (χ2n) is 7.26. The summed E-state index contributed by atoms with van der Waals surface area (Å²) >= 11 is 0. The molecule has 3 aliphatic rings. The molecule has 5 rings (SSSR count). The maximum atomic E-state index is 14.4. The van der Waals surface area contributed by atoms with E-state index < -0.39 is 35.5 Å². The molecule has 2 aromatic carbocycles. The molecule has 6 nitrogen and oxygen atoms in total. The van der Waals surface area contributed by atoms with E-state index in [9.17, 15) is 32.3 Å². The summed E-state index contributed by atoms with van der Waals surface area (Å²) in [5.41, 5.74) is -3.30. The van der Waals surface area contributed by atoms with Gasteiger partial charge in [0.05, 0.1) is 22.3 Å². The van der Waals surface area contributed by atoms with Gasteiger partial charge in [-0.3, -0.25) is 0 Å². The number of esters is 4. The van der Waals surface area contributed by atoms with Crippen LogP contribution in [0.5, 0.6) is 0 Å². The molecule has 2 aliphatic heterocycles. The Balaban J connectivity index is 1.84.